The van der Waals surface area contributed by atoms with Gasteiger partial charge < -0.3 is 20.5 Å². The maximum Gasteiger partial charge on any atom is 0.219 e. The molecule has 1 aliphatic carbocycles. The minimum absolute atomic E-state index is 0. The number of fused-ring (bicyclic) bond motifs is 2. The molecule has 2 aromatic heterocycles. The van der Waals surface area contributed by atoms with Crippen molar-refractivity contribution in [2.24, 2.45) is 7.05 Å². The molecule has 3 aromatic rings. The van der Waals surface area contributed by atoms with Gasteiger partial charge in [0.25, 0.3) is 0 Å². The fourth-order valence-electron chi connectivity index (χ4n) is 3.44. The summed E-state index contributed by atoms with van der Waals surface area (Å²) in [6, 6.07) is 9.66. The zero-order valence-corrected chi connectivity index (χ0v) is 15.9. The van der Waals surface area contributed by atoms with Crippen molar-refractivity contribution in [2.45, 2.75) is 18.3 Å². The number of nitrogen functional groups attached to an aromatic ring is 1. The first kappa shape index (κ1) is 17.7. The topological polar surface area (TPSA) is 87.2 Å². The van der Waals surface area contributed by atoms with Crippen molar-refractivity contribution in [3.63, 3.8) is 0 Å². The van der Waals surface area contributed by atoms with Crippen LogP contribution in [0.15, 0.2) is 42.7 Å². The fraction of sp³-hybridized carbons (Fsp3) is 0.263. The quantitative estimate of drug-likeness (QED) is 0.648. The minimum Gasteiger partial charge on any atom is -0.492 e. The van der Waals surface area contributed by atoms with Crippen molar-refractivity contribution < 1.29 is 26.5 Å². The fourth-order valence-corrected chi connectivity index (χ4v) is 3.44. The van der Waals surface area contributed by atoms with Crippen LogP contribution in [0, 0.1) is 0 Å². The summed E-state index contributed by atoms with van der Waals surface area (Å²) in [7, 11) is 1.82. The predicted octanol–water partition coefficient (Wildman–Crippen LogP) is 3.35. The van der Waals surface area contributed by atoms with Gasteiger partial charge >= 0.3 is 0 Å². The molecule has 0 radical (unpaired) electrons. The molecule has 0 amide bonds. The molecule has 0 saturated heterocycles. The Bertz CT molecular complexity index is 982. The Morgan fingerprint density at radius 1 is 1.26 bits per heavy atom. The van der Waals surface area contributed by atoms with Gasteiger partial charge in [0.1, 0.15) is 11.5 Å². The van der Waals surface area contributed by atoms with Crippen LogP contribution in [0.25, 0.3) is 0 Å². The number of pyridine rings is 1. The molecule has 140 valence electrons. The second-order valence-corrected chi connectivity index (χ2v) is 6.92. The van der Waals surface area contributed by atoms with Crippen molar-refractivity contribution in [1.82, 2.24) is 14.8 Å². The Kier molecular flexibility index (Phi) is 4.25. The molecule has 3 N–H and O–H groups in total. The Morgan fingerprint density at radius 2 is 2.11 bits per heavy atom. The van der Waals surface area contributed by atoms with Crippen LogP contribution in [0.1, 0.15) is 18.4 Å². The van der Waals surface area contributed by atoms with Crippen molar-refractivity contribution >= 4 is 17.2 Å². The molecule has 1 spiro atoms. The number of aryl methyl sites for hydroxylation is 1. The molecule has 5 rings (SSSR count). The summed E-state index contributed by atoms with van der Waals surface area (Å²) < 4.78 is 13.5. The van der Waals surface area contributed by atoms with Crippen LogP contribution < -0.4 is 20.5 Å². The van der Waals surface area contributed by atoms with Crippen molar-refractivity contribution in [1.29, 1.82) is 0 Å². The zero-order valence-electron chi connectivity index (χ0n) is 14.8. The van der Waals surface area contributed by atoms with Crippen molar-refractivity contribution in [3.8, 4) is 17.4 Å². The van der Waals surface area contributed by atoms with E-state index in [2.05, 4.69) is 15.4 Å². The van der Waals surface area contributed by atoms with Gasteiger partial charge in [0, 0.05) is 47.4 Å². The summed E-state index contributed by atoms with van der Waals surface area (Å²) in [5, 5.41) is 7.42. The molecule has 1 aliphatic heterocycles. The van der Waals surface area contributed by atoms with Crippen LogP contribution in [-0.4, -0.2) is 21.4 Å². The van der Waals surface area contributed by atoms with Crippen molar-refractivity contribution in [2.75, 3.05) is 17.7 Å². The number of nitrogens with one attached hydrogen (secondary N) is 1. The van der Waals surface area contributed by atoms with E-state index in [1.54, 1.807) is 17.1 Å². The van der Waals surface area contributed by atoms with E-state index in [1.807, 2.05) is 37.4 Å². The number of rotatable bonds is 4. The zero-order chi connectivity index (χ0) is 17.7. The number of hydrogen-bond donors (Lipinski definition) is 2. The summed E-state index contributed by atoms with van der Waals surface area (Å²) in [6.45, 7) is 0.754. The van der Waals surface area contributed by atoms with Gasteiger partial charge in [-0.1, -0.05) is 6.07 Å². The molecule has 0 unspecified atom stereocenters. The first-order valence-electron chi connectivity index (χ1n) is 8.59. The maximum absolute atomic E-state index is 6.07. The number of anilines is 3. The van der Waals surface area contributed by atoms with Crippen LogP contribution in [-0.2, 0) is 29.5 Å². The molecule has 7 nitrogen and oxygen atoms in total. The van der Waals surface area contributed by atoms with Crippen LogP contribution in [0.5, 0.6) is 17.4 Å². The van der Waals surface area contributed by atoms with Crippen LogP contribution in [0.2, 0.25) is 0 Å². The van der Waals surface area contributed by atoms with E-state index in [-0.39, 0.29) is 22.5 Å². The summed E-state index contributed by atoms with van der Waals surface area (Å²) in [6.07, 6.45) is 5.76. The first-order chi connectivity index (χ1) is 12.6. The Balaban J connectivity index is 0.00000180. The van der Waals surface area contributed by atoms with E-state index in [0.717, 1.165) is 36.6 Å². The molecule has 8 heteroatoms. The Morgan fingerprint density at radius 3 is 2.78 bits per heavy atom. The van der Waals surface area contributed by atoms with E-state index in [4.69, 9.17) is 15.2 Å². The van der Waals surface area contributed by atoms with Gasteiger partial charge in [0.15, 0.2) is 5.82 Å². The van der Waals surface area contributed by atoms with Gasteiger partial charge in [-0.2, -0.15) is 5.10 Å². The van der Waals surface area contributed by atoms with Gasteiger partial charge in [0.2, 0.25) is 5.88 Å². The number of hydrogen-bond acceptors (Lipinski definition) is 6. The predicted molar refractivity (Wildman–Crippen MR) is 98.1 cm³/mol. The van der Waals surface area contributed by atoms with Gasteiger partial charge in [-0.25, -0.2) is 4.98 Å². The Hall–Kier alpha value is -2.70. The van der Waals surface area contributed by atoms with Gasteiger partial charge in [-0.15, -0.1) is 0 Å². The second kappa shape index (κ2) is 6.48. The molecule has 1 fully saturated rings. The third-order valence-electron chi connectivity index (χ3n) is 4.95. The van der Waals surface area contributed by atoms with Crippen molar-refractivity contribution in [3.05, 3.63) is 48.3 Å². The van der Waals surface area contributed by atoms with Gasteiger partial charge in [0.05, 0.1) is 24.2 Å². The third kappa shape index (κ3) is 3.11. The van der Waals surface area contributed by atoms with Gasteiger partial charge in [-0.3, -0.25) is 4.68 Å². The number of ether oxygens (including phenoxy) is 2. The van der Waals surface area contributed by atoms with E-state index < -0.39 is 0 Å². The third-order valence-corrected chi connectivity index (χ3v) is 4.95. The van der Waals surface area contributed by atoms with Crippen LogP contribution in [0.3, 0.4) is 0 Å². The molecule has 0 atom stereocenters. The van der Waals surface area contributed by atoms with Crippen LogP contribution >= 0.6 is 0 Å². The van der Waals surface area contributed by atoms with E-state index in [0.29, 0.717) is 17.4 Å². The van der Waals surface area contributed by atoms with E-state index in [1.165, 1.54) is 5.56 Å². The number of benzene rings is 1. The molecule has 27 heavy (non-hydrogen) atoms. The molecule has 0 bridgehead atoms. The summed E-state index contributed by atoms with van der Waals surface area (Å²) >= 11 is 0. The molecule has 1 saturated carbocycles. The molecular weight excluding hydrogens is 386 g/mol. The number of nitrogens with two attached hydrogens (primary N) is 1. The monoisotopic (exact) mass is 405 g/mol. The van der Waals surface area contributed by atoms with E-state index in [9.17, 15) is 0 Å². The summed E-state index contributed by atoms with van der Waals surface area (Å²) in [5.74, 6) is 2.92. The SMILES string of the molecule is Cn1cc(N)c(Nc2ccc(Oc3cccc4c3C3(CC3)CO4)nc2)n1.[Fe]. The molecule has 3 heterocycles. The van der Waals surface area contributed by atoms with Crippen LogP contribution in [0.4, 0.5) is 17.2 Å². The standard InChI is InChI=1S/C19H19N5O2.Fe/c1-24-10-13(20)18(23-24)22-12-5-6-16(21-9-12)26-15-4-2-3-14-17(15)19(7-8-19)11-25-14;/h2-6,9-10H,7-8,11,20H2,1H3,(H,22,23);. The molecule has 1 aromatic carbocycles. The van der Waals surface area contributed by atoms with Gasteiger partial charge in [-0.05, 0) is 31.0 Å². The summed E-state index contributed by atoms with van der Waals surface area (Å²) in [5.41, 5.74) is 8.62. The molecule has 2 aliphatic rings. The normalized spacial score (nSPS) is 15.6. The Labute approximate surface area is 167 Å². The summed E-state index contributed by atoms with van der Waals surface area (Å²) in [4.78, 5) is 4.40. The largest absolute Gasteiger partial charge is 0.492 e. The average Bonchev–Trinajstić information content (AvgIpc) is 3.21. The smallest absolute Gasteiger partial charge is 0.219 e. The molecular formula is C19H19FeN5O2. The first-order valence-corrected chi connectivity index (χ1v) is 8.59. The number of aromatic nitrogens is 3. The number of nitrogens with zero attached hydrogens (tertiary/aromatic N) is 3. The second-order valence-electron chi connectivity index (χ2n) is 6.92. The maximum atomic E-state index is 6.07. The van der Waals surface area contributed by atoms with E-state index >= 15 is 0 Å². The average molecular weight is 405 g/mol. The minimum atomic E-state index is 0.